The number of H-pyrrole nitrogens is 1. The van der Waals surface area contributed by atoms with Crippen molar-refractivity contribution in [3.8, 4) is 5.75 Å². The Labute approximate surface area is 104 Å². The number of rotatable bonds is 2. The monoisotopic (exact) mass is 248 g/mol. The van der Waals surface area contributed by atoms with E-state index in [1.165, 1.54) is 0 Å². The van der Waals surface area contributed by atoms with Crippen molar-refractivity contribution in [3.63, 3.8) is 0 Å². The number of nitrogens with one attached hydrogen (secondary N) is 1. The minimum absolute atomic E-state index is 0.0681. The van der Waals surface area contributed by atoms with E-state index in [9.17, 15) is 4.79 Å². The zero-order valence-corrected chi connectivity index (χ0v) is 10.3. The zero-order chi connectivity index (χ0) is 12.5. The third-order valence-corrected chi connectivity index (χ3v) is 3.48. The van der Waals surface area contributed by atoms with E-state index in [-0.39, 0.29) is 11.7 Å². The number of hydrogen-bond donors (Lipinski definition) is 1. The first-order valence-electron chi connectivity index (χ1n) is 6.16. The van der Waals surface area contributed by atoms with Gasteiger partial charge in [-0.1, -0.05) is 6.07 Å². The van der Waals surface area contributed by atoms with Gasteiger partial charge in [0, 0.05) is 19.3 Å². The highest BCUT2D eigenvalue weighted by molar-refractivity contribution is 5.82. The lowest BCUT2D eigenvalue weighted by Gasteiger charge is -2.23. The SMILES string of the molecule is COc1cccc2[nH]c(=O)n(C3CCOCC3)c12. The molecule has 1 aliphatic heterocycles. The second-order valence-corrected chi connectivity index (χ2v) is 4.50. The fourth-order valence-electron chi connectivity index (χ4n) is 2.61. The molecule has 1 aromatic carbocycles. The van der Waals surface area contributed by atoms with Crippen LogP contribution in [0, 0.1) is 0 Å². The lowest BCUT2D eigenvalue weighted by molar-refractivity contribution is 0.0697. The Bertz CT molecular complexity index is 608. The maximum atomic E-state index is 12.1. The van der Waals surface area contributed by atoms with E-state index in [1.54, 1.807) is 7.11 Å². The second-order valence-electron chi connectivity index (χ2n) is 4.50. The normalized spacial score (nSPS) is 17.2. The maximum Gasteiger partial charge on any atom is 0.326 e. The average Bonchev–Trinajstić information content (AvgIpc) is 2.75. The number of ether oxygens (including phenoxy) is 2. The van der Waals surface area contributed by atoms with E-state index >= 15 is 0 Å². The van der Waals surface area contributed by atoms with E-state index in [2.05, 4.69) is 4.98 Å². The highest BCUT2D eigenvalue weighted by Crippen LogP contribution is 2.29. The standard InChI is InChI=1S/C13H16N2O3/c1-17-11-4-2-3-10-12(11)15(13(16)14-10)9-5-7-18-8-6-9/h2-4,9H,5-8H2,1H3,(H,14,16). The molecular weight excluding hydrogens is 232 g/mol. The van der Waals surface area contributed by atoms with Crippen molar-refractivity contribution >= 4 is 11.0 Å². The highest BCUT2D eigenvalue weighted by atomic mass is 16.5. The fraction of sp³-hybridized carbons (Fsp3) is 0.462. The minimum Gasteiger partial charge on any atom is -0.494 e. The van der Waals surface area contributed by atoms with Gasteiger partial charge >= 0.3 is 5.69 Å². The predicted octanol–water partition coefficient (Wildman–Crippen LogP) is 1.69. The van der Waals surface area contributed by atoms with Crippen molar-refractivity contribution in [2.45, 2.75) is 18.9 Å². The number of methoxy groups -OCH3 is 1. The van der Waals surface area contributed by atoms with Gasteiger partial charge in [-0.3, -0.25) is 4.57 Å². The molecule has 96 valence electrons. The van der Waals surface area contributed by atoms with Crippen LogP contribution in [0.3, 0.4) is 0 Å². The van der Waals surface area contributed by atoms with Gasteiger partial charge in [0.1, 0.15) is 11.3 Å². The molecule has 1 aromatic heterocycles. The van der Waals surface area contributed by atoms with Crippen LogP contribution in [0.5, 0.6) is 5.75 Å². The number of fused-ring (bicyclic) bond motifs is 1. The third kappa shape index (κ3) is 1.71. The number of aromatic amines is 1. The van der Waals surface area contributed by atoms with Crippen LogP contribution in [0.15, 0.2) is 23.0 Å². The van der Waals surface area contributed by atoms with Crippen LogP contribution in [-0.2, 0) is 4.74 Å². The van der Waals surface area contributed by atoms with Crippen LogP contribution in [0.4, 0.5) is 0 Å². The molecule has 5 nitrogen and oxygen atoms in total. The number of benzene rings is 1. The molecule has 0 amide bonds. The summed E-state index contributed by atoms with van der Waals surface area (Å²) in [5.41, 5.74) is 1.61. The van der Waals surface area contributed by atoms with Crippen LogP contribution in [-0.4, -0.2) is 29.9 Å². The van der Waals surface area contributed by atoms with Gasteiger partial charge in [0.15, 0.2) is 0 Å². The number of para-hydroxylation sites is 1. The largest absolute Gasteiger partial charge is 0.494 e. The smallest absolute Gasteiger partial charge is 0.326 e. The Hall–Kier alpha value is -1.75. The van der Waals surface area contributed by atoms with E-state index in [1.807, 2.05) is 22.8 Å². The van der Waals surface area contributed by atoms with Gasteiger partial charge in [-0.15, -0.1) is 0 Å². The molecule has 0 radical (unpaired) electrons. The van der Waals surface area contributed by atoms with E-state index in [0.29, 0.717) is 13.2 Å². The Morgan fingerprint density at radius 3 is 2.89 bits per heavy atom. The first-order valence-corrected chi connectivity index (χ1v) is 6.16. The molecule has 1 aliphatic rings. The molecule has 0 atom stereocenters. The van der Waals surface area contributed by atoms with Gasteiger partial charge < -0.3 is 14.5 Å². The molecule has 3 rings (SSSR count). The highest BCUT2D eigenvalue weighted by Gasteiger charge is 2.21. The van der Waals surface area contributed by atoms with Crippen molar-refractivity contribution < 1.29 is 9.47 Å². The summed E-state index contributed by atoms with van der Waals surface area (Å²) in [5, 5.41) is 0. The predicted molar refractivity (Wildman–Crippen MR) is 68.2 cm³/mol. The number of hydrogen-bond acceptors (Lipinski definition) is 3. The van der Waals surface area contributed by atoms with Crippen molar-refractivity contribution in [2.24, 2.45) is 0 Å². The Morgan fingerprint density at radius 1 is 1.39 bits per heavy atom. The lowest BCUT2D eigenvalue weighted by Crippen LogP contribution is -2.27. The molecule has 18 heavy (non-hydrogen) atoms. The maximum absolute atomic E-state index is 12.1. The van der Waals surface area contributed by atoms with E-state index in [0.717, 1.165) is 29.6 Å². The van der Waals surface area contributed by atoms with E-state index < -0.39 is 0 Å². The first kappa shape index (κ1) is 11.3. The Balaban J connectivity index is 2.20. The summed E-state index contributed by atoms with van der Waals surface area (Å²) in [6, 6.07) is 5.85. The molecule has 0 aliphatic carbocycles. The average molecular weight is 248 g/mol. The van der Waals surface area contributed by atoms with Gasteiger partial charge in [-0.05, 0) is 25.0 Å². The van der Waals surface area contributed by atoms with Crippen LogP contribution >= 0.6 is 0 Å². The third-order valence-electron chi connectivity index (χ3n) is 3.48. The summed E-state index contributed by atoms with van der Waals surface area (Å²) in [7, 11) is 1.63. The number of aromatic nitrogens is 2. The van der Waals surface area contributed by atoms with Crippen molar-refractivity contribution in [1.29, 1.82) is 0 Å². The van der Waals surface area contributed by atoms with Crippen LogP contribution in [0.25, 0.3) is 11.0 Å². The molecule has 1 N–H and O–H groups in total. The zero-order valence-electron chi connectivity index (χ0n) is 10.3. The molecule has 2 aromatic rings. The summed E-state index contributed by atoms with van der Waals surface area (Å²) in [4.78, 5) is 15.0. The van der Waals surface area contributed by atoms with Gasteiger partial charge in [0.2, 0.25) is 0 Å². The molecule has 5 heteroatoms. The summed E-state index contributed by atoms with van der Waals surface area (Å²) < 4.78 is 12.5. The summed E-state index contributed by atoms with van der Waals surface area (Å²) in [6.07, 6.45) is 1.73. The van der Waals surface area contributed by atoms with Crippen LogP contribution in [0.2, 0.25) is 0 Å². The van der Waals surface area contributed by atoms with Crippen molar-refractivity contribution in [2.75, 3.05) is 20.3 Å². The van der Waals surface area contributed by atoms with Crippen LogP contribution < -0.4 is 10.4 Å². The second kappa shape index (κ2) is 4.49. The number of imidazole rings is 1. The molecular formula is C13H16N2O3. The molecule has 0 saturated carbocycles. The molecule has 2 heterocycles. The summed E-state index contributed by atoms with van der Waals surface area (Å²) in [5.74, 6) is 0.734. The van der Waals surface area contributed by atoms with Crippen molar-refractivity contribution in [3.05, 3.63) is 28.7 Å². The molecule has 0 unspecified atom stereocenters. The lowest BCUT2D eigenvalue weighted by atomic mass is 10.1. The fourth-order valence-corrected chi connectivity index (χ4v) is 2.61. The molecule has 0 spiro atoms. The Kier molecular flexibility index (Phi) is 2.83. The quantitative estimate of drug-likeness (QED) is 0.879. The first-order chi connectivity index (χ1) is 8.81. The molecule has 0 bridgehead atoms. The molecule has 1 fully saturated rings. The van der Waals surface area contributed by atoms with Gasteiger partial charge in [-0.2, -0.15) is 0 Å². The van der Waals surface area contributed by atoms with Crippen LogP contribution in [0.1, 0.15) is 18.9 Å². The number of nitrogens with zero attached hydrogens (tertiary/aromatic N) is 1. The summed E-state index contributed by atoms with van der Waals surface area (Å²) >= 11 is 0. The van der Waals surface area contributed by atoms with Gasteiger partial charge in [0.05, 0.1) is 12.6 Å². The van der Waals surface area contributed by atoms with Crippen molar-refractivity contribution in [1.82, 2.24) is 9.55 Å². The van der Waals surface area contributed by atoms with E-state index in [4.69, 9.17) is 9.47 Å². The summed E-state index contributed by atoms with van der Waals surface area (Å²) in [6.45, 7) is 1.41. The van der Waals surface area contributed by atoms with Gasteiger partial charge in [0.25, 0.3) is 0 Å². The van der Waals surface area contributed by atoms with Gasteiger partial charge in [-0.25, -0.2) is 4.79 Å². The molecule has 1 saturated heterocycles. The minimum atomic E-state index is -0.0681. The topological polar surface area (TPSA) is 56.2 Å². The Morgan fingerprint density at radius 2 is 2.17 bits per heavy atom.